The average molecular weight is 388 g/mol. The quantitative estimate of drug-likeness (QED) is 0.401. The second kappa shape index (κ2) is 7.67. The van der Waals surface area contributed by atoms with Gasteiger partial charge in [0.2, 0.25) is 5.95 Å². The van der Waals surface area contributed by atoms with E-state index in [-0.39, 0.29) is 5.95 Å². The molecule has 0 saturated heterocycles. The first kappa shape index (κ1) is 18.5. The zero-order valence-electron chi connectivity index (χ0n) is 16.5. The van der Waals surface area contributed by atoms with Gasteiger partial charge in [-0.3, -0.25) is 5.10 Å². The topological polar surface area (TPSA) is 122 Å². The maximum atomic E-state index is 6.10. The van der Waals surface area contributed by atoms with Gasteiger partial charge >= 0.3 is 0 Å². The van der Waals surface area contributed by atoms with Crippen molar-refractivity contribution in [2.24, 2.45) is 0 Å². The number of hydrogen-bond donors (Lipinski definition) is 4. The first-order chi connectivity index (χ1) is 14.0. The number of rotatable bonds is 6. The van der Waals surface area contributed by atoms with Crippen LogP contribution in [0.5, 0.6) is 0 Å². The van der Waals surface area contributed by atoms with Crippen LogP contribution in [0.3, 0.4) is 0 Å². The lowest BCUT2D eigenvalue weighted by Crippen LogP contribution is -2.12. The lowest BCUT2D eigenvalue weighted by atomic mass is 10.1. The molecule has 4 rings (SSSR count). The molecule has 8 nitrogen and oxygen atoms in total. The summed E-state index contributed by atoms with van der Waals surface area (Å²) < 4.78 is 0. The average Bonchev–Trinajstić information content (AvgIpc) is 3.09. The molecule has 0 atom stereocenters. The van der Waals surface area contributed by atoms with Gasteiger partial charge in [-0.05, 0) is 24.1 Å². The van der Waals surface area contributed by atoms with E-state index in [1.54, 1.807) is 0 Å². The first-order valence-electron chi connectivity index (χ1n) is 9.39. The van der Waals surface area contributed by atoms with Crippen LogP contribution in [0.15, 0.2) is 48.5 Å². The molecule has 0 saturated carbocycles. The largest absolute Gasteiger partial charge is 0.384 e. The Bertz CT molecular complexity index is 1130. The number of hydrogen-bond acceptors (Lipinski definition) is 7. The molecule has 2 heterocycles. The number of H-pyrrole nitrogens is 1. The summed E-state index contributed by atoms with van der Waals surface area (Å²) in [6, 6.07) is 16.3. The van der Waals surface area contributed by atoms with Gasteiger partial charge in [0.1, 0.15) is 5.82 Å². The van der Waals surface area contributed by atoms with Crippen LogP contribution in [0, 0.1) is 0 Å². The minimum Gasteiger partial charge on any atom is -0.384 e. The van der Waals surface area contributed by atoms with Crippen molar-refractivity contribution in [3.8, 4) is 11.3 Å². The molecule has 0 aliphatic heterocycles. The highest BCUT2D eigenvalue weighted by Crippen LogP contribution is 2.33. The third-order valence-corrected chi connectivity index (χ3v) is 4.75. The van der Waals surface area contributed by atoms with E-state index in [0.717, 1.165) is 46.6 Å². The molecule has 148 valence electrons. The molecule has 29 heavy (non-hydrogen) atoms. The highest BCUT2D eigenvalue weighted by Gasteiger charge is 2.14. The molecule has 0 radical (unpaired) electrons. The van der Waals surface area contributed by atoms with Crippen molar-refractivity contribution in [3.05, 3.63) is 54.1 Å². The predicted molar refractivity (Wildman–Crippen MR) is 119 cm³/mol. The monoisotopic (exact) mass is 388 g/mol. The van der Waals surface area contributed by atoms with Crippen LogP contribution in [0.4, 0.5) is 23.3 Å². The molecule has 2 aromatic heterocycles. The Morgan fingerprint density at radius 1 is 1.03 bits per heavy atom. The number of aromatic amines is 1. The minimum atomic E-state index is 0.231. The number of nitrogens with two attached hydrogens (primary N) is 2. The summed E-state index contributed by atoms with van der Waals surface area (Å²) in [6.45, 7) is 0.766. The summed E-state index contributed by atoms with van der Waals surface area (Å²) in [5.74, 6) is 1.44. The van der Waals surface area contributed by atoms with E-state index in [1.165, 1.54) is 5.56 Å². The van der Waals surface area contributed by atoms with Gasteiger partial charge in [-0.1, -0.05) is 30.3 Å². The number of aromatic nitrogens is 4. The molecule has 6 N–H and O–H groups in total. The number of nitrogens with one attached hydrogen (secondary N) is 2. The maximum absolute atomic E-state index is 6.10. The van der Waals surface area contributed by atoms with E-state index in [9.17, 15) is 0 Å². The molecule has 0 aliphatic rings. The van der Waals surface area contributed by atoms with Crippen molar-refractivity contribution < 1.29 is 0 Å². The summed E-state index contributed by atoms with van der Waals surface area (Å²) >= 11 is 0. The Kier molecular flexibility index (Phi) is 4.90. The summed E-state index contributed by atoms with van der Waals surface area (Å²) in [6.07, 6.45) is 0.898. The van der Waals surface area contributed by atoms with Crippen LogP contribution in [-0.4, -0.2) is 40.8 Å². The minimum absolute atomic E-state index is 0.231. The van der Waals surface area contributed by atoms with Crippen molar-refractivity contribution in [2.75, 3.05) is 42.3 Å². The van der Waals surface area contributed by atoms with Crippen molar-refractivity contribution in [1.82, 2.24) is 20.2 Å². The smallest absolute Gasteiger partial charge is 0.222 e. The van der Waals surface area contributed by atoms with Crippen LogP contribution in [-0.2, 0) is 6.42 Å². The third kappa shape index (κ3) is 3.91. The molecular formula is C21H24N8. The van der Waals surface area contributed by atoms with Gasteiger partial charge in [0.05, 0.1) is 16.6 Å². The first-order valence-corrected chi connectivity index (χ1v) is 9.39. The molecule has 0 unspecified atom stereocenters. The summed E-state index contributed by atoms with van der Waals surface area (Å²) in [7, 11) is 3.84. The molecule has 0 bridgehead atoms. The molecule has 0 amide bonds. The Balaban J connectivity index is 1.70. The summed E-state index contributed by atoms with van der Waals surface area (Å²) in [5.41, 5.74) is 16.7. The maximum Gasteiger partial charge on any atom is 0.222 e. The van der Waals surface area contributed by atoms with E-state index in [4.69, 9.17) is 11.5 Å². The van der Waals surface area contributed by atoms with Gasteiger partial charge in [0, 0.05) is 38.0 Å². The zero-order chi connectivity index (χ0) is 20.4. The lowest BCUT2D eigenvalue weighted by molar-refractivity contribution is 1.02. The van der Waals surface area contributed by atoms with Gasteiger partial charge in [0.25, 0.3) is 0 Å². The molecule has 0 fully saturated rings. The molecule has 2 aromatic carbocycles. The Morgan fingerprint density at radius 3 is 2.59 bits per heavy atom. The van der Waals surface area contributed by atoms with E-state index >= 15 is 0 Å². The van der Waals surface area contributed by atoms with Crippen LogP contribution >= 0.6 is 0 Å². The van der Waals surface area contributed by atoms with Gasteiger partial charge in [-0.15, -0.1) is 0 Å². The number of anilines is 4. The fourth-order valence-electron chi connectivity index (χ4n) is 3.29. The summed E-state index contributed by atoms with van der Waals surface area (Å²) in [5, 5.41) is 11.5. The van der Waals surface area contributed by atoms with Crippen molar-refractivity contribution >= 4 is 34.2 Å². The number of fused-ring (bicyclic) bond motifs is 1. The zero-order valence-corrected chi connectivity index (χ0v) is 16.5. The van der Waals surface area contributed by atoms with Crippen LogP contribution < -0.4 is 21.7 Å². The number of nitrogens with zero attached hydrogens (tertiary/aromatic N) is 4. The fraction of sp³-hybridized carbons (Fsp3) is 0.190. The van der Waals surface area contributed by atoms with E-state index in [2.05, 4.69) is 37.6 Å². The third-order valence-electron chi connectivity index (χ3n) is 4.75. The van der Waals surface area contributed by atoms with Crippen LogP contribution in [0.1, 0.15) is 5.56 Å². The number of benzene rings is 2. The molecule has 8 heteroatoms. The van der Waals surface area contributed by atoms with Crippen LogP contribution in [0.2, 0.25) is 0 Å². The highest BCUT2D eigenvalue weighted by atomic mass is 15.2. The van der Waals surface area contributed by atoms with E-state index in [1.807, 2.05) is 55.4 Å². The molecule has 0 aliphatic carbocycles. The molecular weight excluding hydrogens is 364 g/mol. The van der Waals surface area contributed by atoms with Gasteiger partial charge in [0.15, 0.2) is 5.82 Å². The second-order valence-corrected chi connectivity index (χ2v) is 7.08. The van der Waals surface area contributed by atoms with Crippen molar-refractivity contribution in [2.45, 2.75) is 6.42 Å². The van der Waals surface area contributed by atoms with Crippen molar-refractivity contribution in [1.29, 1.82) is 0 Å². The predicted octanol–water partition coefficient (Wildman–Crippen LogP) is 2.90. The Hall–Kier alpha value is -3.81. The van der Waals surface area contributed by atoms with Crippen molar-refractivity contribution in [3.63, 3.8) is 0 Å². The SMILES string of the molecule is CN(C)c1cc(-c2cc(NCCc3ccccc3)c3c(N)n[nH]c3c2)nc(N)n1. The Morgan fingerprint density at radius 2 is 1.83 bits per heavy atom. The second-order valence-electron chi connectivity index (χ2n) is 7.08. The van der Waals surface area contributed by atoms with Gasteiger partial charge in [-0.2, -0.15) is 10.1 Å². The Labute approximate surface area is 169 Å². The number of nitrogen functional groups attached to an aromatic ring is 2. The van der Waals surface area contributed by atoms with E-state index in [0.29, 0.717) is 5.82 Å². The van der Waals surface area contributed by atoms with E-state index < -0.39 is 0 Å². The normalized spacial score (nSPS) is 11.0. The molecule has 0 spiro atoms. The van der Waals surface area contributed by atoms with Gasteiger partial charge < -0.3 is 21.7 Å². The van der Waals surface area contributed by atoms with Gasteiger partial charge in [-0.25, -0.2) is 4.98 Å². The lowest BCUT2D eigenvalue weighted by Gasteiger charge is -2.14. The standard InChI is InChI=1S/C21H24N8/c1-29(2)18-12-15(25-21(23)26-18)14-10-16(19-17(11-14)27-28-20(19)22)24-9-8-13-6-4-3-5-7-13/h3-7,10-12,24H,8-9H2,1-2H3,(H3,22,27,28)(H2,23,25,26). The van der Waals surface area contributed by atoms with Crippen LogP contribution in [0.25, 0.3) is 22.2 Å². The fourth-order valence-corrected chi connectivity index (χ4v) is 3.29. The molecule has 4 aromatic rings. The summed E-state index contributed by atoms with van der Waals surface area (Å²) in [4.78, 5) is 10.6. The highest BCUT2D eigenvalue weighted by molar-refractivity contribution is 6.02.